The molecule has 2 rings (SSSR count). The Hall–Kier alpha value is -2.73. The summed E-state index contributed by atoms with van der Waals surface area (Å²) < 4.78 is 0. The number of carboxylic acid groups (broad SMARTS) is 1. The van der Waals surface area contributed by atoms with E-state index in [-0.39, 0.29) is 0 Å². The van der Waals surface area contributed by atoms with Gasteiger partial charge >= 0.3 is 5.97 Å². The van der Waals surface area contributed by atoms with Crippen molar-refractivity contribution in [1.29, 1.82) is 0 Å². The highest BCUT2D eigenvalue weighted by Crippen LogP contribution is 2.14. The maximum Gasteiger partial charge on any atom is 0.350 e. The van der Waals surface area contributed by atoms with Crippen molar-refractivity contribution in [3.63, 3.8) is 0 Å². The van der Waals surface area contributed by atoms with Crippen LogP contribution in [0.3, 0.4) is 0 Å². The second kappa shape index (κ2) is 9.83. The molecule has 2 aromatic rings. The van der Waals surface area contributed by atoms with Crippen LogP contribution in [0.1, 0.15) is 39.1 Å². The second-order valence-corrected chi connectivity index (χ2v) is 7.36. The zero-order valence-corrected chi connectivity index (χ0v) is 17.2. The highest BCUT2D eigenvalue weighted by Gasteiger charge is 2.29. The number of oxime groups is 2. The minimum absolute atomic E-state index is 0.432. The first kappa shape index (κ1) is 22.3. The molecule has 0 amide bonds. The van der Waals surface area contributed by atoms with Crippen LogP contribution in [0.25, 0.3) is 0 Å². The highest BCUT2D eigenvalue weighted by molar-refractivity contribution is 7.14. The molecule has 0 aliphatic rings. The highest BCUT2D eigenvalue weighted by atomic mass is 32.1. The van der Waals surface area contributed by atoms with Gasteiger partial charge in [0.15, 0.2) is 10.3 Å². The molecule has 2 heterocycles. The normalized spacial score (nSPS) is 12.2. The lowest BCUT2D eigenvalue weighted by molar-refractivity contribution is -0.161. The molecule has 0 fully saturated rings. The summed E-state index contributed by atoms with van der Waals surface area (Å²) in [7, 11) is 1.50. The van der Waals surface area contributed by atoms with Crippen LogP contribution in [0, 0.1) is 0 Å². The average molecular weight is 415 g/mol. The van der Waals surface area contributed by atoms with Gasteiger partial charge in [-0.25, -0.2) is 14.8 Å². The van der Waals surface area contributed by atoms with Crippen LogP contribution in [0.15, 0.2) is 21.1 Å². The van der Waals surface area contributed by atoms with Gasteiger partial charge in [-0.3, -0.25) is 0 Å². The molecule has 0 radical (unpaired) electrons. The van der Waals surface area contributed by atoms with Crippen molar-refractivity contribution in [1.82, 2.24) is 9.97 Å². The number of anilines is 2. The molecule has 12 heteroatoms. The van der Waals surface area contributed by atoms with Crippen LogP contribution >= 0.6 is 22.7 Å². The number of aromatic nitrogens is 2. The third-order valence-corrected chi connectivity index (χ3v) is 4.29. The molecule has 0 unspecified atom stereocenters. The van der Waals surface area contributed by atoms with Crippen molar-refractivity contribution in [2.45, 2.75) is 33.3 Å². The van der Waals surface area contributed by atoms with Crippen LogP contribution in [0.4, 0.5) is 10.3 Å². The zero-order valence-electron chi connectivity index (χ0n) is 15.6. The Bertz CT molecular complexity index is 828. The van der Waals surface area contributed by atoms with E-state index in [0.717, 1.165) is 11.4 Å². The van der Waals surface area contributed by atoms with E-state index in [1.165, 1.54) is 43.6 Å². The second-order valence-electron chi connectivity index (χ2n) is 5.58. The number of rotatable bonds is 6. The van der Waals surface area contributed by atoms with Crippen molar-refractivity contribution in [2.75, 3.05) is 18.6 Å². The standard InChI is InChI=1S/C9H13N3O3S.C6H9N3OS/c1-5(6-4-16-8(10)11-6)12-15-9(2,3)7(13)14;1-4(9-10-2)5-3-11-6(7)8-5/h4H,1-3H3,(H2,10,11)(H,13,14);3H,1-2H3,(H2,7,8)/b12-5+;9-4+. The first-order chi connectivity index (χ1) is 12.6. The molecular weight excluding hydrogens is 392 g/mol. The van der Waals surface area contributed by atoms with Gasteiger partial charge in [-0.1, -0.05) is 10.3 Å². The molecule has 0 spiro atoms. The molecule has 0 saturated heterocycles. The summed E-state index contributed by atoms with van der Waals surface area (Å²) >= 11 is 2.68. The number of nitrogens with zero attached hydrogens (tertiary/aromatic N) is 4. The third kappa shape index (κ3) is 7.19. The van der Waals surface area contributed by atoms with Gasteiger partial charge in [0.25, 0.3) is 0 Å². The van der Waals surface area contributed by atoms with E-state index < -0.39 is 11.6 Å². The molecule has 2 aromatic heterocycles. The fraction of sp³-hybridized carbons (Fsp3) is 0.400. The summed E-state index contributed by atoms with van der Waals surface area (Å²) in [6.45, 7) is 6.33. The van der Waals surface area contributed by atoms with Gasteiger partial charge in [0.05, 0.1) is 0 Å². The van der Waals surface area contributed by atoms with E-state index in [1.54, 1.807) is 12.3 Å². The number of aliphatic carboxylic acids is 1. The fourth-order valence-corrected chi connectivity index (χ4v) is 2.57. The molecule has 148 valence electrons. The zero-order chi connectivity index (χ0) is 20.6. The van der Waals surface area contributed by atoms with Crippen molar-refractivity contribution in [2.24, 2.45) is 10.3 Å². The first-order valence-electron chi connectivity index (χ1n) is 7.53. The average Bonchev–Trinajstić information content (AvgIpc) is 3.22. The lowest BCUT2D eigenvalue weighted by Crippen LogP contribution is -2.33. The molecule has 0 aliphatic carbocycles. The van der Waals surface area contributed by atoms with E-state index in [0.29, 0.717) is 21.7 Å². The predicted molar refractivity (Wildman–Crippen MR) is 107 cm³/mol. The van der Waals surface area contributed by atoms with E-state index in [4.69, 9.17) is 21.4 Å². The molecule has 10 nitrogen and oxygen atoms in total. The van der Waals surface area contributed by atoms with Gasteiger partial charge in [-0.15, -0.1) is 22.7 Å². The Kier molecular flexibility index (Phi) is 8.12. The third-order valence-electron chi connectivity index (χ3n) is 2.94. The van der Waals surface area contributed by atoms with E-state index in [1.807, 2.05) is 12.3 Å². The van der Waals surface area contributed by atoms with Gasteiger partial charge in [-0.05, 0) is 27.7 Å². The van der Waals surface area contributed by atoms with Crippen LogP contribution in [-0.2, 0) is 14.5 Å². The number of nitrogen functional groups attached to an aromatic ring is 2. The van der Waals surface area contributed by atoms with Crippen LogP contribution in [0.2, 0.25) is 0 Å². The summed E-state index contributed by atoms with van der Waals surface area (Å²) in [5.41, 5.74) is 12.1. The van der Waals surface area contributed by atoms with Crippen molar-refractivity contribution >= 4 is 50.3 Å². The minimum Gasteiger partial charge on any atom is -0.478 e. The summed E-state index contributed by atoms with van der Waals surface area (Å²) in [6, 6.07) is 0. The monoisotopic (exact) mass is 414 g/mol. The molecular formula is C15H22N6O4S2. The van der Waals surface area contributed by atoms with E-state index in [9.17, 15) is 4.79 Å². The van der Waals surface area contributed by atoms with Crippen LogP contribution < -0.4 is 11.5 Å². The summed E-state index contributed by atoms with van der Waals surface area (Å²) in [5, 5.41) is 20.8. The molecule has 27 heavy (non-hydrogen) atoms. The van der Waals surface area contributed by atoms with Gasteiger partial charge in [-0.2, -0.15) is 0 Å². The summed E-state index contributed by atoms with van der Waals surface area (Å²) in [4.78, 5) is 28.3. The molecule has 0 bridgehead atoms. The van der Waals surface area contributed by atoms with Crippen molar-refractivity contribution < 1.29 is 19.6 Å². The predicted octanol–water partition coefficient (Wildman–Crippen LogP) is 2.42. The summed E-state index contributed by atoms with van der Waals surface area (Å²) in [6.07, 6.45) is 0. The number of nitrogens with two attached hydrogens (primary N) is 2. The smallest absolute Gasteiger partial charge is 0.350 e. The van der Waals surface area contributed by atoms with Gasteiger partial charge in [0.2, 0.25) is 5.60 Å². The molecule has 5 N–H and O–H groups in total. The minimum atomic E-state index is -1.36. The largest absolute Gasteiger partial charge is 0.478 e. The van der Waals surface area contributed by atoms with Gasteiger partial charge in [0, 0.05) is 10.8 Å². The Morgan fingerprint density at radius 1 is 1.07 bits per heavy atom. The quantitative estimate of drug-likeness (QED) is 0.480. The van der Waals surface area contributed by atoms with Crippen molar-refractivity contribution in [3.05, 3.63) is 22.1 Å². The first-order valence-corrected chi connectivity index (χ1v) is 9.29. The molecule has 0 aromatic carbocycles. The maximum absolute atomic E-state index is 10.7. The van der Waals surface area contributed by atoms with Gasteiger partial charge < -0.3 is 26.2 Å². The Labute approximate surface area is 164 Å². The number of hydrogen-bond donors (Lipinski definition) is 3. The lowest BCUT2D eigenvalue weighted by Gasteiger charge is -2.16. The number of carbonyl (C=O) groups is 1. The maximum atomic E-state index is 10.7. The number of carboxylic acids is 1. The van der Waals surface area contributed by atoms with E-state index in [2.05, 4.69) is 25.1 Å². The van der Waals surface area contributed by atoms with E-state index >= 15 is 0 Å². The van der Waals surface area contributed by atoms with Crippen LogP contribution in [0.5, 0.6) is 0 Å². The fourth-order valence-electron chi connectivity index (χ4n) is 1.36. The van der Waals surface area contributed by atoms with Crippen molar-refractivity contribution in [3.8, 4) is 0 Å². The summed E-state index contributed by atoms with van der Waals surface area (Å²) in [5.74, 6) is -1.08. The van der Waals surface area contributed by atoms with Gasteiger partial charge in [0.1, 0.15) is 29.9 Å². The molecule has 0 atom stereocenters. The Morgan fingerprint density at radius 3 is 1.85 bits per heavy atom. The topological polar surface area (TPSA) is 158 Å². The van der Waals surface area contributed by atoms with Crippen LogP contribution in [-0.4, -0.2) is 45.2 Å². The number of hydrogen-bond acceptors (Lipinski definition) is 11. The molecule has 0 aliphatic heterocycles. The number of thiazole rings is 2. The molecule has 0 saturated carbocycles. The Morgan fingerprint density at radius 2 is 1.52 bits per heavy atom. The lowest BCUT2D eigenvalue weighted by atomic mass is 10.1. The Balaban J connectivity index is 0.000000289. The SMILES string of the molecule is C/C(=N\OC(C)(C)C(=O)O)c1csc(N)n1.CO/N=C(\C)c1csc(N)n1.